The SMILES string of the molecule is O=c1cc(O)c2cc(Br)ccc2o1.O=c1cc(OCCCOC2CCCCO2)c2cc(Br)ccc2o1. The molecule has 0 amide bonds. The van der Waals surface area contributed by atoms with Crippen molar-refractivity contribution >= 4 is 53.8 Å². The molecule has 1 unspecified atom stereocenters. The first-order chi connectivity index (χ1) is 17.4. The lowest BCUT2D eigenvalue weighted by molar-refractivity contribution is -0.163. The van der Waals surface area contributed by atoms with Gasteiger partial charge in [0.25, 0.3) is 0 Å². The normalized spacial score (nSPS) is 15.4. The Morgan fingerprint density at radius 1 is 0.861 bits per heavy atom. The lowest BCUT2D eigenvalue weighted by Crippen LogP contribution is -2.23. The summed E-state index contributed by atoms with van der Waals surface area (Å²) in [5, 5.41) is 10.7. The molecule has 1 aliphatic rings. The highest BCUT2D eigenvalue weighted by Crippen LogP contribution is 2.27. The van der Waals surface area contributed by atoms with E-state index < -0.39 is 11.3 Å². The maximum Gasteiger partial charge on any atom is 0.339 e. The molecule has 4 aromatic rings. The third-order valence-electron chi connectivity index (χ3n) is 5.34. The van der Waals surface area contributed by atoms with Gasteiger partial charge in [-0.15, -0.1) is 0 Å². The van der Waals surface area contributed by atoms with Gasteiger partial charge < -0.3 is 28.2 Å². The van der Waals surface area contributed by atoms with Crippen LogP contribution in [0.5, 0.6) is 11.5 Å². The first-order valence-corrected chi connectivity index (χ1v) is 13.0. The van der Waals surface area contributed by atoms with Gasteiger partial charge in [-0.05, 0) is 55.7 Å². The molecule has 2 aromatic carbocycles. The molecule has 1 saturated heterocycles. The maximum absolute atomic E-state index is 11.6. The molecule has 36 heavy (non-hydrogen) atoms. The summed E-state index contributed by atoms with van der Waals surface area (Å²) in [6, 6.07) is 12.9. The Morgan fingerprint density at radius 3 is 2.22 bits per heavy atom. The zero-order chi connectivity index (χ0) is 25.5. The largest absolute Gasteiger partial charge is 0.507 e. The van der Waals surface area contributed by atoms with Crippen LogP contribution in [0.25, 0.3) is 21.9 Å². The number of aromatic hydroxyl groups is 1. The van der Waals surface area contributed by atoms with Crippen molar-refractivity contribution in [2.24, 2.45) is 0 Å². The maximum atomic E-state index is 11.6. The molecule has 5 rings (SSSR count). The Balaban J connectivity index is 0.000000197. The number of fused-ring (bicyclic) bond motifs is 2. The van der Waals surface area contributed by atoms with Gasteiger partial charge in [0, 0.05) is 22.0 Å². The van der Waals surface area contributed by atoms with Gasteiger partial charge in [-0.25, -0.2) is 9.59 Å². The molecular formula is C26H24Br2O8. The lowest BCUT2D eigenvalue weighted by atomic mass is 10.2. The molecule has 0 saturated carbocycles. The molecule has 1 aliphatic heterocycles. The summed E-state index contributed by atoms with van der Waals surface area (Å²) in [4.78, 5) is 22.4. The summed E-state index contributed by atoms with van der Waals surface area (Å²) < 4.78 is 28.7. The zero-order valence-electron chi connectivity index (χ0n) is 19.2. The fraction of sp³-hybridized carbons (Fsp3) is 0.308. The van der Waals surface area contributed by atoms with Crippen LogP contribution in [0.2, 0.25) is 0 Å². The summed E-state index contributed by atoms with van der Waals surface area (Å²) in [5.41, 5.74) is -0.0650. The van der Waals surface area contributed by atoms with Crippen molar-refractivity contribution in [1.29, 1.82) is 0 Å². The van der Waals surface area contributed by atoms with E-state index in [1.807, 2.05) is 12.1 Å². The Bertz CT molecular complexity index is 1440. The van der Waals surface area contributed by atoms with Gasteiger partial charge in [-0.2, -0.15) is 0 Å². The first kappa shape index (κ1) is 26.4. The number of rotatable bonds is 6. The number of ether oxygens (including phenoxy) is 3. The highest BCUT2D eigenvalue weighted by atomic mass is 79.9. The smallest absolute Gasteiger partial charge is 0.339 e. The van der Waals surface area contributed by atoms with E-state index in [0.717, 1.165) is 52.7 Å². The second-order valence-corrected chi connectivity index (χ2v) is 9.86. The number of benzene rings is 2. The monoisotopic (exact) mass is 622 g/mol. The molecule has 1 N–H and O–H groups in total. The average Bonchev–Trinajstić information content (AvgIpc) is 2.85. The van der Waals surface area contributed by atoms with Gasteiger partial charge in [-0.1, -0.05) is 31.9 Å². The van der Waals surface area contributed by atoms with E-state index in [-0.39, 0.29) is 12.0 Å². The van der Waals surface area contributed by atoms with Gasteiger partial charge in [0.1, 0.15) is 22.7 Å². The summed E-state index contributed by atoms with van der Waals surface area (Å²) >= 11 is 6.67. The Kier molecular flexibility index (Phi) is 9.19. The van der Waals surface area contributed by atoms with Crippen LogP contribution >= 0.6 is 31.9 Å². The van der Waals surface area contributed by atoms with Gasteiger partial charge in [0.2, 0.25) is 0 Å². The number of hydrogen-bond donors (Lipinski definition) is 1. The van der Waals surface area contributed by atoms with Crippen LogP contribution in [0, 0.1) is 0 Å². The van der Waals surface area contributed by atoms with Crippen LogP contribution in [-0.2, 0) is 9.47 Å². The van der Waals surface area contributed by atoms with Crippen LogP contribution in [0.4, 0.5) is 0 Å². The second kappa shape index (κ2) is 12.5. The molecule has 0 spiro atoms. The van der Waals surface area contributed by atoms with Crippen LogP contribution in [0.3, 0.4) is 0 Å². The topological polar surface area (TPSA) is 108 Å². The molecule has 0 bridgehead atoms. The first-order valence-electron chi connectivity index (χ1n) is 11.4. The fourth-order valence-electron chi connectivity index (χ4n) is 3.64. The predicted molar refractivity (Wildman–Crippen MR) is 142 cm³/mol. The van der Waals surface area contributed by atoms with Crippen LogP contribution in [0.15, 0.2) is 75.9 Å². The molecule has 0 aliphatic carbocycles. The van der Waals surface area contributed by atoms with Gasteiger partial charge in [0.05, 0.1) is 36.1 Å². The van der Waals surface area contributed by atoms with E-state index >= 15 is 0 Å². The molecule has 1 fully saturated rings. The van der Waals surface area contributed by atoms with E-state index in [9.17, 15) is 14.7 Å². The average molecular weight is 624 g/mol. The molecule has 8 nitrogen and oxygen atoms in total. The van der Waals surface area contributed by atoms with Crippen molar-refractivity contribution in [3.63, 3.8) is 0 Å². The summed E-state index contributed by atoms with van der Waals surface area (Å²) in [7, 11) is 0. The minimum atomic E-state index is -0.549. The number of hydrogen-bond acceptors (Lipinski definition) is 8. The van der Waals surface area contributed by atoms with E-state index in [0.29, 0.717) is 35.5 Å². The molecule has 10 heteroatoms. The predicted octanol–water partition coefficient (Wildman–Crippen LogP) is 6.13. The minimum absolute atomic E-state index is 0.0625. The summed E-state index contributed by atoms with van der Waals surface area (Å²) in [6.45, 7) is 1.83. The number of halogens is 2. The van der Waals surface area contributed by atoms with Crippen LogP contribution in [0.1, 0.15) is 25.7 Å². The lowest BCUT2D eigenvalue weighted by Gasteiger charge is -2.22. The van der Waals surface area contributed by atoms with Crippen molar-refractivity contribution < 1.29 is 28.2 Å². The van der Waals surface area contributed by atoms with E-state index in [1.165, 1.54) is 6.07 Å². The van der Waals surface area contributed by atoms with Crippen molar-refractivity contribution in [2.75, 3.05) is 19.8 Å². The minimum Gasteiger partial charge on any atom is -0.507 e. The van der Waals surface area contributed by atoms with Gasteiger partial charge in [-0.3, -0.25) is 0 Å². The second-order valence-electron chi connectivity index (χ2n) is 8.03. The molecule has 2 aromatic heterocycles. The summed E-state index contributed by atoms with van der Waals surface area (Å²) in [5.74, 6) is 0.471. The third kappa shape index (κ3) is 7.19. The standard InChI is InChI=1S/C17H19BrO5.C9H5BrO3/c18-12-5-6-14-13(10-12)15(11-16(19)23-14)20-8-3-9-22-17-4-1-2-7-21-17;10-5-1-2-8-6(3-5)7(11)4-9(12)13-8/h5-6,10-11,17H,1-4,7-9H2;1-4,11H. The van der Waals surface area contributed by atoms with Crippen molar-refractivity contribution in [3.8, 4) is 11.5 Å². The molecular weight excluding hydrogens is 600 g/mol. The fourth-order valence-corrected chi connectivity index (χ4v) is 4.37. The van der Waals surface area contributed by atoms with E-state index in [1.54, 1.807) is 24.3 Å². The summed E-state index contributed by atoms with van der Waals surface area (Å²) in [6.07, 6.45) is 3.88. The Labute approximate surface area is 223 Å². The van der Waals surface area contributed by atoms with Crippen LogP contribution in [-0.4, -0.2) is 31.2 Å². The highest BCUT2D eigenvalue weighted by Gasteiger charge is 2.13. The zero-order valence-corrected chi connectivity index (χ0v) is 22.4. The van der Waals surface area contributed by atoms with Crippen LogP contribution < -0.4 is 16.0 Å². The van der Waals surface area contributed by atoms with E-state index in [2.05, 4.69) is 31.9 Å². The van der Waals surface area contributed by atoms with Gasteiger partial charge in [0.15, 0.2) is 6.29 Å². The van der Waals surface area contributed by atoms with Crippen molar-refractivity contribution in [3.05, 3.63) is 78.3 Å². The Morgan fingerprint density at radius 2 is 1.53 bits per heavy atom. The molecule has 190 valence electrons. The van der Waals surface area contributed by atoms with Crippen molar-refractivity contribution in [2.45, 2.75) is 32.0 Å². The van der Waals surface area contributed by atoms with E-state index in [4.69, 9.17) is 23.0 Å². The molecule has 3 heterocycles. The molecule has 1 atom stereocenters. The quantitative estimate of drug-likeness (QED) is 0.202. The molecule has 0 radical (unpaired) electrons. The third-order valence-corrected chi connectivity index (χ3v) is 6.32. The Hall–Kier alpha value is -2.66. The van der Waals surface area contributed by atoms with Crippen molar-refractivity contribution in [1.82, 2.24) is 0 Å². The van der Waals surface area contributed by atoms with Gasteiger partial charge >= 0.3 is 11.3 Å². The highest BCUT2D eigenvalue weighted by molar-refractivity contribution is 9.10.